The number of amides is 1. The SMILES string of the molecule is COC(=O)C1CC(=O)NC(=Nc2ccccc2)[Se]1. The number of rotatable bonds is 2. The van der Waals surface area contributed by atoms with E-state index >= 15 is 0 Å². The summed E-state index contributed by atoms with van der Waals surface area (Å²) in [5.74, 6) is -0.529. The molecular formula is C12H12N2O3Se. The van der Waals surface area contributed by atoms with E-state index < -0.39 is 0 Å². The zero-order valence-electron chi connectivity index (χ0n) is 9.75. The van der Waals surface area contributed by atoms with Crippen LogP contribution >= 0.6 is 0 Å². The number of benzene rings is 1. The van der Waals surface area contributed by atoms with E-state index in [2.05, 4.69) is 15.0 Å². The van der Waals surface area contributed by atoms with E-state index in [4.69, 9.17) is 0 Å². The number of amidine groups is 1. The van der Waals surface area contributed by atoms with Crippen molar-refractivity contribution in [3.05, 3.63) is 30.3 Å². The molecule has 0 aromatic heterocycles. The zero-order valence-corrected chi connectivity index (χ0v) is 11.5. The van der Waals surface area contributed by atoms with Gasteiger partial charge in [0.1, 0.15) is 0 Å². The number of nitrogens with zero attached hydrogens (tertiary/aromatic N) is 1. The van der Waals surface area contributed by atoms with Crippen LogP contribution in [0.4, 0.5) is 5.69 Å². The molecule has 94 valence electrons. The molecule has 1 aromatic carbocycles. The normalized spacial score (nSPS) is 21.5. The van der Waals surface area contributed by atoms with Crippen molar-refractivity contribution in [3.63, 3.8) is 0 Å². The number of nitrogens with one attached hydrogen (secondary N) is 1. The molecule has 1 N–H and O–H groups in total. The molecular weight excluding hydrogens is 299 g/mol. The van der Waals surface area contributed by atoms with Gasteiger partial charge in [0, 0.05) is 0 Å². The van der Waals surface area contributed by atoms with Crippen molar-refractivity contribution in [3.8, 4) is 0 Å². The predicted molar refractivity (Wildman–Crippen MR) is 67.8 cm³/mol. The van der Waals surface area contributed by atoms with Crippen LogP contribution in [0.1, 0.15) is 6.42 Å². The molecule has 1 fully saturated rings. The van der Waals surface area contributed by atoms with Crippen molar-refractivity contribution in [2.45, 2.75) is 11.2 Å². The Bertz CT molecular complexity index is 487. The maximum absolute atomic E-state index is 11.5. The third-order valence-corrected chi connectivity index (χ3v) is 4.55. The van der Waals surface area contributed by atoms with Crippen molar-refractivity contribution in [2.24, 2.45) is 4.99 Å². The molecule has 1 aliphatic heterocycles. The van der Waals surface area contributed by atoms with Crippen LogP contribution in [-0.4, -0.2) is 38.7 Å². The summed E-state index contributed by atoms with van der Waals surface area (Å²) in [5, 5.41) is 2.70. The molecule has 0 saturated carbocycles. The average Bonchev–Trinajstić information content (AvgIpc) is 2.38. The fourth-order valence-electron chi connectivity index (χ4n) is 1.48. The summed E-state index contributed by atoms with van der Waals surface area (Å²) >= 11 is -0.211. The van der Waals surface area contributed by atoms with Crippen LogP contribution in [0.5, 0.6) is 0 Å². The molecule has 0 radical (unpaired) electrons. The number of aliphatic imine (C=N–C) groups is 1. The monoisotopic (exact) mass is 312 g/mol. The number of methoxy groups -OCH3 is 1. The Labute approximate surface area is 111 Å². The van der Waals surface area contributed by atoms with Gasteiger partial charge in [-0.25, -0.2) is 0 Å². The summed E-state index contributed by atoms with van der Waals surface area (Å²) in [6.07, 6.45) is 0.181. The minimum atomic E-state index is -0.376. The van der Waals surface area contributed by atoms with E-state index in [1.807, 2.05) is 30.3 Å². The molecule has 1 heterocycles. The van der Waals surface area contributed by atoms with Crippen LogP contribution in [0, 0.1) is 0 Å². The summed E-state index contributed by atoms with van der Waals surface area (Å²) in [5.41, 5.74) is 0.764. The summed E-state index contributed by atoms with van der Waals surface area (Å²) in [7, 11) is 1.33. The molecule has 1 saturated heterocycles. The summed E-state index contributed by atoms with van der Waals surface area (Å²) in [6, 6.07) is 9.32. The van der Waals surface area contributed by atoms with E-state index in [0.29, 0.717) is 4.73 Å². The van der Waals surface area contributed by atoms with Crippen LogP contribution in [-0.2, 0) is 14.3 Å². The van der Waals surface area contributed by atoms with Gasteiger partial charge in [-0.15, -0.1) is 0 Å². The van der Waals surface area contributed by atoms with Gasteiger partial charge in [-0.1, -0.05) is 0 Å². The second-order valence-corrected chi connectivity index (χ2v) is 6.13. The molecule has 2 rings (SSSR count). The van der Waals surface area contributed by atoms with E-state index in [9.17, 15) is 9.59 Å². The van der Waals surface area contributed by atoms with Crippen LogP contribution in [0.2, 0.25) is 4.82 Å². The third kappa shape index (κ3) is 3.18. The van der Waals surface area contributed by atoms with Crippen molar-refractivity contribution in [1.82, 2.24) is 5.32 Å². The standard InChI is InChI=1S/C12H12N2O3Se/c1-17-11(16)9-7-10(15)14-12(18-9)13-8-5-3-2-4-6-8/h2-6,9H,7H2,1H3,(H,13,14,15). The van der Waals surface area contributed by atoms with Gasteiger partial charge in [-0.3, -0.25) is 0 Å². The average molecular weight is 311 g/mol. The van der Waals surface area contributed by atoms with Gasteiger partial charge >= 0.3 is 111 Å². The third-order valence-electron chi connectivity index (χ3n) is 2.32. The molecule has 5 nitrogen and oxygen atoms in total. The van der Waals surface area contributed by atoms with E-state index in [0.717, 1.165) is 5.69 Å². The van der Waals surface area contributed by atoms with Crippen LogP contribution in [0.15, 0.2) is 35.3 Å². The molecule has 18 heavy (non-hydrogen) atoms. The minimum absolute atomic E-state index is 0.181. The van der Waals surface area contributed by atoms with Crippen LogP contribution in [0.3, 0.4) is 0 Å². The Balaban J connectivity index is 2.16. The summed E-state index contributed by atoms with van der Waals surface area (Å²) in [4.78, 5) is 26.9. The summed E-state index contributed by atoms with van der Waals surface area (Å²) < 4.78 is 5.25. The molecule has 1 amide bonds. The molecule has 0 aliphatic carbocycles. The Morgan fingerprint density at radius 3 is 2.83 bits per heavy atom. The summed E-state index contributed by atoms with van der Waals surface area (Å²) in [6.45, 7) is 0. The van der Waals surface area contributed by atoms with E-state index in [1.54, 1.807) is 0 Å². The number of hydrogen-bond acceptors (Lipinski definition) is 4. The van der Waals surface area contributed by atoms with Crippen molar-refractivity contribution in [2.75, 3.05) is 7.11 Å². The van der Waals surface area contributed by atoms with Gasteiger partial charge in [0.15, 0.2) is 0 Å². The molecule has 0 spiro atoms. The second-order valence-electron chi connectivity index (χ2n) is 3.63. The van der Waals surface area contributed by atoms with E-state index in [-0.39, 0.29) is 38.1 Å². The molecule has 1 aliphatic rings. The number of carbonyl (C=O) groups is 2. The Kier molecular flexibility index (Phi) is 4.12. The fraction of sp³-hybridized carbons (Fsp3) is 0.250. The molecule has 0 bridgehead atoms. The van der Waals surface area contributed by atoms with Gasteiger partial charge < -0.3 is 0 Å². The van der Waals surface area contributed by atoms with Crippen LogP contribution in [0.25, 0.3) is 0 Å². The van der Waals surface area contributed by atoms with E-state index in [1.165, 1.54) is 7.11 Å². The van der Waals surface area contributed by atoms with Gasteiger partial charge in [0.2, 0.25) is 0 Å². The number of carbonyl (C=O) groups excluding carboxylic acids is 2. The Morgan fingerprint density at radius 2 is 2.17 bits per heavy atom. The van der Waals surface area contributed by atoms with Gasteiger partial charge in [0.25, 0.3) is 0 Å². The fourth-order valence-corrected chi connectivity index (χ4v) is 3.64. The number of para-hydroxylation sites is 1. The first-order valence-corrected chi connectivity index (χ1v) is 7.21. The van der Waals surface area contributed by atoms with Gasteiger partial charge in [-0.05, 0) is 0 Å². The first kappa shape index (κ1) is 12.8. The topological polar surface area (TPSA) is 67.8 Å². The van der Waals surface area contributed by atoms with Crippen molar-refractivity contribution >= 4 is 37.3 Å². The number of esters is 1. The number of hydrogen-bond donors (Lipinski definition) is 1. The van der Waals surface area contributed by atoms with Crippen molar-refractivity contribution in [1.29, 1.82) is 0 Å². The molecule has 1 unspecified atom stereocenters. The van der Waals surface area contributed by atoms with Crippen LogP contribution < -0.4 is 5.32 Å². The Hall–Kier alpha value is -1.65. The number of ether oxygens (including phenoxy) is 1. The Morgan fingerprint density at radius 1 is 1.44 bits per heavy atom. The quantitative estimate of drug-likeness (QED) is 0.651. The predicted octanol–water partition coefficient (Wildman–Crippen LogP) is 0.860. The molecule has 1 aromatic rings. The second kappa shape index (κ2) is 5.80. The van der Waals surface area contributed by atoms with Gasteiger partial charge in [0.05, 0.1) is 0 Å². The first-order valence-electron chi connectivity index (χ1n) is 5.37. The first-order chi connectivity index (χ1) is 8.69. The maximum atomic E-state index is 11.5. The van der Waals surface area contributed by atoms with Gasteiger partial charge in [-0.2, -0.15) is 0 Å². The zero-order chi connectivity index (χ0) is 13.0. The van der Waals surface area contributed by atoms with Crippen molar-refractivity contribution < 1.29 is 14.3 Å². The molecule has 1 atom stereocenters. The molecule has 6 heteroatoms.